The van der Waals surface area contributed by atoms with Crippen molar-refractivity contribution in [1.82, 2.24) is 4.57 Å². The van der Waals surface area contributed by atoms with E-state index in [1.165, 1.54) is 44.1 Å². The van der Waals surface area contributed by atoms with E-state index < -0.39 is 0 Å². The van der Waals surface area contributed by atoms with Crippen LogP contribution in [0.4, 0.5) is 17.1 Å². The zero-order valence-corrected chi connectivity index (χ0v) is 24.2. The summed E-state index contributed by atoms with van der Waals surface area (Å²) in [4.78, 5) is 2.33. The maximum Gasteiger partial charge on any atom is 0.0562 e. The fraction of sp³-hybridized carbons (Fsp3) is 0. The predicted molar refractivity (Wildman–Crippen MR) is 186 cm³/mol. The van der Waals surface area contributed by atoms with Gasteiger partial charge in [0.15, 0.2) is 0 Å². The Hall–Kier alpha value is -5.86. The van der Waals surface area contributed by atoms with Crippen LogP contribution in [0.15, 0.2) is 182 Å². The van der Waals surface area contributed by atoms with Crippen molar-refractivity contribution in [3.63, 3.8) is 0 Å². The minimum absolute atomic E-state index is 1.11. The van der Waals surface area contributed by atoms with Gasteiger partial charge in [-0.15, -0.1) is 0 Å². The average molecular weight is 563 g/mol. The van der Waals surface area contributed by atoms with Crippen LogP contribution >= 0.6 is 0 Å². The summed E-state index contributed by atoms with van der Waals surface area (Å²) in [7, 11) is 0. The summed E-state index contributed by atoms with van der Waals surface area (Å²) >= 11 is 0. The molecule has 0 aliphatic heterocycles. The Balaban J connectivity index is 1.39. The summed E-state index contributed by atoms with van der Waals surface area (Å²) in [6.45, 7) is 0. The van der Waals surface area contributed by atoms with Crippen LogP contribution in [0, 0.1) is 0 Å². The Morgan fingerprint density at radius 2 is 0.932 bits per heavy atom. The van der Waals surface area contributed by atoms with E-state index in [4.69, 9.17) is 0 Å². The van der Waals surface area contributed by atoms with E-state index in [9.17, 15) is 0 Å². The van der Waals surface area contributed by atoms with Crippen LogP contribution in [0.5, 0.6) is 0 Å². The standard InChI is InChI=1S/C42H30N2/c1-5-15-31(16-6-1)32-17-13-18-33(29-32)38-25-14-26-40-42(38)39-28-27-37(30-41(39)44(40)36-23-11-4-12-24-36)43(34-19-7-2-8-20-34)35-21-9-3-10-22-35/h1-30H. The Morgan fingerprint density at radius 1 is 0.364 bits per heavy atom. The molecule has 0 aliphatic carbocycles. The zero-order valence-electron chi connectivity index (χ0n) is 24.2. The second-order valence-corrected chi connectivity index (χ2v) is 11.0. The number of fused-ring (bicyclic) bond motifs is 3. The van der Waals surface area contributed by atoms with Crippen molar-refractivity contribution in [2.24, 2.45) is 0 Å². The van der Waals surface area contributed by atoms with Crippen molar-refractivity contribution < 1.29 is 0 Å². The van der Waals surface area contributed by atoms with Gasteiger partial charge in [-0.1, -0.05) is 121 Å². The minimum Gasteiger partial charge on any atom is -0.310 e. The zero-order chi connectivity index (χ0) is 29.3. The summed E-state index contributed by atoms with van der Waals surface area (Å²) in [5.74, 6) is 0. The number of hydrogen-bond acceptors (Lipinski definition) is 1. The average Bonchev–Trinajstić information content (AvgIpc) is 3.44. The molecule has 8 aromatic rings. The van der Waals surface area contributed by atoms with Crippen molar-refractivity contribution in [3.05, 3.63) is 182 Å². The summed E-state index contributed by atoms with van der Waals surface area (Å²) in [5, 5.41) is 2.49. The minimum atomic E-state index is 1.11. The molecule has 1 heterocycles. The molecule has 2 heteroatoms. The molecular formula is C42H30N2. The molecule has 0 spiro atoms. The number of rotatable bonds is 6. The first-order chi connectivity index (χ1) is 21.8. The number of hydrogen-bond donors (Lipinski definition) is 0. The molecule has 0 saturated carbocycles. The van der Waals surface area contributed by atoms with Crippen molar-refractivity contribution >= 4 is 38.9 Å². The highest BCUT2D eigenvalue weighted by molar-refractivity contribution is 6.16. The van der Waals surface area contributed by atoms with Crippen molar-refractivity contribution in [1.29, 1.82) is 0 Å². The van der Waals surface area contributed by atoms with Crippen LogP contribution in [0.3, 0.4) is 0 Å². The monoisotopic (exact) mass is 562 g/mol. The molecule has 0 bridgehead atoms. The van der Waals surface area contributed by atoms with Crippen LogP contribution in [0.25, 0.3) is 49.7 Å². The quantitative estimate of drug-likeness (QED) is 0.196. The van der Waals surface area contributed by atoms with Crippen LogP contribution in [-0.2, 0) is 0 Å². The van der Waals surface area contributed by atoms with Gasteiger partial charge in [0.25, 0.3) is 0 Å². The van der Waals surface area contributed by atoms with Crippen LogP contribution in [0.1, 0.15) is 0 Å². The van der Waals surface area contributed by atoms with Gasteiger partial charge in [-0.05, 0) is 82.9 Å². The van der Waals surface area contributed by atoms with Gasteiger partial charge in [0.2, 0.25) is 0 Å². The Morgan fingerprint density at radius 3 is 1.61 bits per heavy atom. The third kappa shape index (κ3) is 4.54. The van der Waals surface area contributed by atoms with Gasteiger partial charge >= 0.3 is 0 Å². The second-order valence-electron chi connectivity index (χ2n) is 11.0. The molecule has 0 amide bonds. The highest BCUT2D eigenvalue weighted by Gasteiger charge is 2.19. The van der Waals surface area contributed by atoms with Crippen LogP contribution in [-0.4, -0.2) is 4.57 Å². The van der Waals surface area contributed by atoms with E-state index in [-0.39, 0.29) is 0 Å². The number of anilines is 3. The number of aromatic nitrogens is 1. The lowest BCUT2D eigenvalue weighted by molar-refractivity contribution is 1.18. The highest BCUT2D eigenvalue weighted by Crippen LogP contribution is 2.42. The van der Waals surface area contributed by atoms with Crippen molar-refractivity contribution in [2.45, 2.75) is 0 Å². The van der Waals surface area contributed by atoms with E-state index in [1.54, 1.807) is 0 Å². The molecule has 0 fully saturated rings. The molecule has 0 unspecified atom stereocenters. The molecule has 8 rings (SSSR count). The summed E-state index contributed by atoms with van der Waals surface area (Å²) in [6.07, 6.45) is 0. The third-order valence-corrected chi connectivity index (χ3v) is 8.36. The Kier molecular flexibility index (Phi) is 6.51. The molecule has 0 aliphatic rings. The molecule has 0 radical (unpaired) electrons. The first-order valence-electron chi connectivity index (χ1n) is 15.0. The SMILES string of the molecule is c1ccc(-c2cccc(-c3cccc4c3c3ccc(N(c5ccccc5)c5ccccc5)cc3n4-c3ccccc3)c2)cc1. The number of nitrogens with zero attached hydrogens (tertiary/aromatic N) is 2. The van der Waals surface area contributed by atoms with E-state index in [1.807, 2.05) is 0 Å². The van der Waals surface area contributed by atoms with Crippen molar-refractivity contribution in [2.75, 3.05) is 4.90 Å². The molecule has 44 heavy (non-hydrogen) atoms. The van der Waals surface area contributed by atoms with Gasteiger partial charge in [-0.2, -0.15) is 0 Å². The smallest absolute Gasteiger partial charge is 0.0562 e. The van der Waals surface area contributed by atoms with Gasteiger partial charge in [-0.25, -0.2) is 0 Å². The number of benzene rings is 7. The maximum atomic E-state index is 2.41. The van der Waals surface area contributed by atoms with Gasteiger partial charge in [-0.3, -0.25) is 0 Å². The fourth-order valence-electron chi connectivity index (χ4n) is 6.39. The predicted octanol–water partition coefficient (Wildman–Crippen LogP) is 11.6. The Labute approximate surface area is 257 Å². The lowest BCUT2D eigenvalue weighted by Crippen LogP contribution is -2.09. The maximum absolute atomic E-state index is 2.41. The third-order valence-electron chi connectivity index (χ3n) is 8.36. The van der Waals surface area contributed by atoms with Gasteiger partial charge in [0.05, 0.1) is 11.0 Å². The lowest BCUT2D eigenvalue weighted by Gasteiger charge is -2.25. The van der Waals surface area contributed by atoms with Crippen LogP contribution in [0.2, 0.25) is 0 Å². The van der Waals surface area contributed by atoms with Gasteiger partial charge in [0, 0.05) is 33.5 Å². The van der Waals surface area contributed by atoms with Gasteiger partial charge < -0.3 is 9.47 Å². The molecule has 2 nitrogen and oxygen atoms in total. The highest BCUT2D eigenvalue weighted by atomic mass is 15.1. The number of para-hydroxylation sites is 3. The molecule has 1 aromatic heterocycles. The second kappa shape index (κ2) is 11.1. The molecule has 7 aromatic carbocycles. The lowest BCUT2D eigenvalue weighted by atomic mass is 9.96. The van der Waals surface area contributed by atoms with Gasteiger partial charge in [0.1, 0.15) is 0 Å². The van der Waals surface area contributed by atoms with E-state index in [0.717, 1.165) is 22.7 Å². The van der Waals surface area contributed by atoms with E-state index in [0.29, 0.717) is 0 Å². The Bertz CT molecular complexity index is 2160. The molecule has 0 saturated heterocycles. The molecule has 0 N–H and O–H groups in total. The largest absolute Gasteiger partial charge is 0.310 e. The fourth-order valence-corrected chi connectivity index (χ4v) is 6.39. The molecule has 0 atom stereocenters. The molecule has 208 valence electrons. The summed E-state index contributed by atoms with van der Waals surface area (Å²) < 4.78 is 2.41. The summed E-state index contributed by atoms with van der Waals surface area (Å²) in [5.41, 5.74) is 11.8. The topological polar surface area (TPSA) is 8.17 Å². The first-order valence-corrected chi connectivity index (χ1v) is 15.0. The summed E-state index contributed by atoms with van der Waals surface area (Å²) in [6, 6.07) is 65.0. The van der Waals surface area contributed by atoms with E-state index >= 15 is 0 Å². The molecular weight excluding hydrogens is 532 g/mol. The van der Waals surface area contributed by atoms with Crippen molar-refractivity contribution in [3.8, 4) is 27.9 Å². The van der Waals surface area contributed by atoms with E-state index in [2.05, 4.69) is 191 Å². The first kappa shape index (κ1) is 25.8. The normalized spacial score (nSPS) is 11.2. The van der Waals surface area contributed by atoms with Crippen LogP contribution < -0.4 is 4.90 Å².